The summed E-state index contributed by atoms with van der Waals surface area (Å²) in [5.74, 6) is 0.512. The summed E-state index contributed by atoms with van der Waals surface area (Å²) < 4.78 is 4.83. The average Bonchev–Trinajstić information content (AvgIpc) is 2.04. The van der Waals surface area contributed by atoms with Crippen molar-refractivity contribution < 1.29 is 4.74 Å². The maximum atomic E-state index is 10.1. The van der Waals surface area contributed by atoms with Crippen LogP contribution in [-0.4, -0.2) is 12.1 Å². The molecule has 1 heterocycles. The molecule has 0 bridgehead atoms. The van der Waals surface area contributed by atoms with Crippen LogP contribution in [0.2, 0.25) is 0 Å². The van der Waals surface area contributed by atoms with E-state index in [1.54, 1.807) is 19.1 Å². The van der Waals surface area contributed by atoms with Crippen molar-refractivity contribution in [3.05, 3.63) is 22.7 Å². The number of aryl methyl sites for hydroxylation is 1. The molecular formula is C7H8N2O2. The molecule has 1 aromatic heterocycles. The number of nitroso groups, excluding NO2 is 1. The normalized spacial score (nSPS) is 9.27. The molecule has 0 aliphatic heterocycles. The van der Waals surface area contributed by atoms with E-state index < -0.39 is 0 Å². The molecule has 1 rings (SSSR count). The Morgan fingerprint density at radius 3 is 2.82 bits per heavy atom. The van der Waals surface area contributed by atoms with Gasteiger partial charge in [-0.1, -0.05) is 0 Å². The SMILES string of the molecule is COc1ccc(C)nc1N=O. The van der Waals surface area contributed by atoms with Gasteiger partial charge in [0.2, 0.25) is 5.82 Å². The first-order valence-corrected chi connectivity index (χ1v) is 3.13. The highest BCUT2D eigenvalue weighted by Crippen LogP contribution is 2.23. The Hall–Kier alpha value is -1.45. The van der Waals surface area contributed by atoms with Crippen molar-refractivity contribution in [1.29, 1.82) is 0 Å². The van der Waals surface area contributed by atoms with Crippen LogP contribution in [-0.2, 0) is 0 Å². The van der Waals surface area contributed by atoms with E-state index in [0.29, 0.717) is 5.75 Å². The van der Waals surface area contributed by atoms with Crippen molar-refractivity contribution in [1.82, 2.24) is 4.98 Å². The summed E-state index contributed by atoms with van der Waals surface area (Å²) in [5.41, 5.74) is 0.750. The summed E-state index contributed by atoms with van der Waals surface area (Å²) in [6.07, 6.45) is 0. The molecule has 11 heavy (non-hydrogen) atoms. The Labute approximate surface area is 64.2 Å². The van der Waals surface area contributed by atoms with Gasteiger partial charge in [-0.2, -0.15) is 0 Å². The third kappa shape index (κ3) is 1.52. The molecule has 4 nitrogen and oxygen atoms in total. The Morgan fingerprint density at radius 2 is 2.27 bits per heavy atom. The summed E-state index contributed by atoms with van der Waals surface area (Å²) in [5, 5.41) is 2.72. The van der Waals surface area contributed by atoms with Crippen molar-refractivity contribution in [2.45, 2.75) is 6.92 Å². The summed E-state index contributed by atoms with van der Waals surface area (Å²) >= 11 is 0. The number of hydrogen-bond donors (Lipinski definition) is 0. The van der Waals surface area contributed by atoms with Gasteiger partial charge in [0.1, 0.15) is 0 Å². The molecule has 0 aromatic carbocycles. The average molecular weight is 152 g/mol. The fourth-order valence-corrected chi connectivity index (χ4v) is 0.755. The van der Waals surface area contributed by atoms with E-state index in [-0.39, 0.29) is 5.82 Å². The lowest BCUT2D eigenvalue weighted by Gasteiger charge is -2.00. The Bertz CT molecular complexity index is 273. The lowest BCUT2D eigenvalue weighted by atomic mass is 10.3. The van der Waals surface area contributed by atoms with Crippen LogP contribution in [0.3, 0.4) is 0 Å². The maximum absolute atomic E-state index is 10.1. The highest BCUT2D eigenvalue weighted by molar-refractivity contribution is 5.45. The highest BCUT2D eigenvalue weighted by atomic mass is 16.5. The molecule has 0 saturated carbocycles. The van der Waals surface area contributed by atoms with Gasteiger partial charge in [-0.25, -0.2) is 4.98 Å². The zero-order valence-electron chi connectivity index (χ0n) is 6.37. The number of aromatic nitrogens is 1. The monoisotopic (exact) mass is 152 g/mol. The van der Waals surface area contributed by atoms with Crippen LogP contribution in [0.1, 0.15) is 5.69 Å². The first-order chi connectivity index (χ1) is 5.27. The fraction of sp³-hybridized carbons (Fsp3) is 0.286. The third-order valence-electron chi connectivity index (χ3n) is 1.28. The smallest absolute Gasteiger partial charge is 0.239 e. The number of pyridine rings is 1. The van der Waals surface area contributed by atoms with E-state index in [9.17, 15) is 4.91 Å². The molecule has 0 N–H and O–H groups in total. The van der Waals surface area contributed by atoms with Crippen LogP contribution in [0.5, 0.6) is 5.75 Å². The molecule has 0 aliphatic rings. The molecule has 1 aromatic rings. The van der Waals surface area contributed by atoms with Crippen molar-refractivity contribution in [2.24, 2.45) is 5.18 Å². The summed E-state index contributed by atoms with van der Waals surface area (Å²) in [4.78, 5) is 14.0. The van der Waals surface area contributed by atoms with E-state index in [1.165, 1.54) is 7.11 Å². The van der Waals surface area contributed by atoms with Crippen LogP contribution >= 0.6 is 0 Å². The van der Waals surface area contributed by atoms with E-state index in [0.717, 1.165) is 5.69 Å². The zero-order chi connectivity index (χ0) is 8.27. The van der Waals surface area contributed by atoms with Crippen LogP contribution in [0.15, 0.2) is 17.3 Å². The molecule has 0 atom stereocenters. The number of nitrogens with zero attached hydrogens (tertiary/aromatic N) is 2. The second kappa shape index (κ2) is 3.09. The van der Waals surface area contributed by atoms with Crippen LogP contribution in [0, 0.1) is 11.8 Å². The van der Waals surface area contributed by atoms with Crippen LogP contribution in [0.4, 0.5) is 5.82 Å². The Kier molecular flexibility index (Phi) is 2.15. The fourth-order valence-electron chi connectivity index (χ4n) is 0.755. The van der Waals surface area contributed by atoms with E-state index >= 15 is 0 Å². The highest BCUT2D eigenvalue weighted by Gasteiger charge is 2.03. The lowest BCUT2D eigenvalue weighted by molar-refractivity contribution is 0.414. The maximum Gasteiger partial charge on any atom is 0.239 e. The van der Waals surface area contributed by atoms with Crippen molar-refractivity contribution >= 4 is 5.82 Å². The van der Waals surface area contributed by atoms with E-state index in [1.807, 2.05) is 0 Å². The number of methoxy groups -OCH3 is 1. The quantitative estimate of drug-likeness (QED) is 0.607. The van der Waals surface area contributed by atoms with Crippen LogP contribution < -0.4 is 4.74 Å². The van der Waals surface area contributed by atoms with Gasteiger partial charge in [-0.15, -0.1) is 4.91 Å². The largest absolute Gasteiger partial charge is 0.493 e. The molecule has 0 spiro atoms. The van der Waals surface area contributed by atoms with Crippen molar-refractivity contribution in [3.8, 4) is 5.75 Å². The molecule has 0 aliphatic carbocycles. The van der Waals surface area contributed by atoms with Gasteiger partial charge < -0.3 is 4.74 Å². The van der Waals surface area contributed by atoms with Crippen molar-refractivity contribution in [3.63, 3.8) is 0 Å². The topological polar surface area (TPSA) is 51.6 Å². The van der Waals surface area contributed by atoms with E-state index in [4.69, 9.17) is 4.74 Å². The molecule has 0 fully saturated rings. The Balaban J connectivity index is 3.16. The molecule has 58 valence electrons. The lowest BCUT2D eigenvalue weighted by Crippen LogP contribution is -1.87. The van der Waals surface area contributed by atoms with Crippen molar-refractivity contribution in [2.75, 3.05) is 7.11 Å². The minimum Gasteiger partial charge on any atom is -0.493 e. The molecule has 4 heteroatoms. The molecule has 0 saturated heterocycles. The van der Waals surface area contributed by atoms with E-state index in [2.05, 4.69) is 10.2 Å². The first kappa shape index (κ1) is 7.65. The minimum atomic E-state index is 0.104. The zero-order valence-corrected chi connectivity index (χ0v) is 6.37. The second-order valence-corrected chi connectivity index (χ2v) is 2.07. The molecule has 0 amide bonds. The third-order valence-corrected chi connectivity index (χ3v) is 1.28. The number of rotatable bonds is 2. The van der Waals surface area contributed by atoms with Gasteiger partial charge in [0, 0.05) is 5.69 Å². The standard InChI is InChI=1S/C7H8N2O2/c1-5-3-4-6(11-2)7(8-5)9-10/h3-4H,1-2H3. The minimum absolute atomic E-state index is 0.104. The van der Waals surface area contributed by atoms with Gasteiger partial charge in [-0.3, -0.25) is 0 Å². The van der Waals surface area contributed by atoms with Gasteiger partial charge >= 0.3 is 0 Å². The predicted octanol–water partition coefficient (Wildman–Crippen LogP) is 1.80. The predicted molar refractivity (Wildman–Crippen MR) is 41.0 cm³/mol. The van der Waals surface area contributed by atoms with Crippen LogP contribution in [0.25, 0.3) is 0 Å². The summed E-state index contributed by atoms with van der Waals surface area (Å²) in [6.45, 7) is 1.79. The first-order valence-electron chi connectivity index (χ1n) is 3.13. The molecule has 0 radical (unpaired) electrons. The second-order valence-electron chi connectivity index (χ2n) is 2.07. The molecular weight excluding hydrogens is 144 g/mol. The number of hydrogen-bond acceptors (Lipinski definition) is 4. The van der Waals surface area contributed by atoms with Gasteiger partial charge in [0.25, 0.3) is 0 Å². The Morgan fingerprint density at radius 1 is 1.55 bits per heavy atom. The van der Waals surface area contributed by atoms with Gasteiger partial charge in [0.15, 0.2) is 5.75 Å². The summed E-state index contributed by atoms with van der Waals surface area (Å²) in [6, 6.07) is 3.42. The number of ether oxygens (including phenoxy) is 1. The van der Waals surface area contributed by atoms with Gasteiger partial charge in [-0.05, 0) is 24.2 Å². The molecule has 0 unspecified atom stereocenters. The summed E-state index contributed by atoms with van der Waals surface area (Å²) in [7, 11) is 1.47. The van der Waals surface area contributed by atoms with Gasteiger partial charge in [0.05, 0.1) is 7.11 Å².